The largest absolute Gasteiger partial charge is 0.492 e. The van der Waals surface area contributed by atoms with Crippen molar-refractivity contribution in [2.45, 2.75) is 19.9 Å². The number of fused-ring (bicyclic) bond motifs is 1. The van der Waals surface area contributed by atoms with Gasteiger partial charge in [0.25, 0.3) is 0 Å². The molecule has 0 spiro atoms. The molecule has 2 aromatic carbocycles. The number of hydrogen-bond donors (Lipinski definition) is 0. The SMILES string of the molecule is CC(=O)c1cccc(OCCN2CCc3ccccc3C2)c1. The highest BCUT2D eigenvalue weighted by Crippen LogP contribution is 2.18. The van der Waals surface area contributed by atoms with Gasteiger partial charge in [0.1, 0.15) is 12.4 Å². The molecule has 0 bridgehead atoms. The minimum atomic E-state index is 0.0677. The van der Waals surface area contributed by atoms with Crippen molar-refractivity contribution in [3.63, 3.8) is 0 Å². The highest BCUT2D eigenvalue weighted by molar-refractivity contribution is 5.94. The minimum absolute atomic E-state index is 0.0677. The van der Waals surface area contributed by atoms with Crippen molar-refractivity contribution < 1.29 is 9.53 Å². The summed E-state index contributed by atoms with van der Waals surface area (Å²) in [6.45, 7) is 5.19. The molecule has 0 radical (unpaired) electrons. The van der Waals surface area contributed by atoms with Gasteiger partial charge in [0, 0.05) is 25.2 Å². The molecule has 0 amide bonds. The fraction of sp³-hybridized carbons (Fsp3) is 0.316. The molecule has 0 aromatic heterocycles. The molecule has 114 valence electrons. The number of nitrogens with zero attached hydrogens (tertiary/aromatic N) is 1. The van der Waals surface area contributed by atoms with Gasteiger partial charge in [-0.1, -0.05) is 36.4 Å². The third-order valence-electron chi connectivity index (χ3n) is 4.13. The van der Waals surface area contributed by atoms with E-state index in [1.165, 1.54) is 11.1 Å². The monoisotopic (exact) mass is 295 g/mol. The van der Waals surface area contributed by atoms with E-state index >= 15 is 0 Å². The van der Waals surface area contributed by atoms with Gasteiger partial charge in [-0.2, -0.15) is 0 Å². The number of hydrogen-bond acceptors (Lipinski definition) is 3. The van der Waals surface area contributed by atoms with Gasteiger partial charge in [0.15, 0.2) is 5.78 Å². The second-order valence-corrected chi connectivity index (χ2v) is 5.73. The molecule has 0 N–H and O–H groups in total. The Morgan fingerprint density at radius 1 is 1.14 bits per heavy atom. The first-order chi connectivity index (χ1) is 10.7. The van der Waals surface area contributed by atoms with E-state index in [9.17, 15) is 4.79 Å². The van der Waals surface area contributed by atoms with Gasteiger partial charge in [0.05, 0.1) is 0 Å². The van der Waals surface area contributed by atoms with Crippen LogP contribution in [0.4, 0.5) is 0 Å². The van der Waals surface area contributed by atoms with Crippen molar-refractivity contribution in [3.8, 4) is 5.75 Å². The molecule has 3 rings (SSSR count). The summed E-state index contributed by atoms with van der Waals surface area (Å²) in [6.07, 6.45) is 1.11. The minimum Gasteiger partial charge on any atom is -0.492 e. The van der Waals surface area contributed by atoms with E-state index in [-0.39, 0.29) is 5.78 Å². The number of carbonyl (C=O) groups is 1. The number of Topliss-reactive ketones (excluding diaryl/α,β-unsaturated/α-hetero) is 1. The highest BCUT2D eigenvalue weighted by atomic mass is 16.5. The van der Waals surface area contributed by atoms with Crippen LogP contribution < -0.4 is 4.74 Å². The molecule has 3 heteroatoms. The average molecular weight is 295 g/mol. The summed E-state index contributed by atoms with van der Waals surface area (Å²) < 4.78 is 5.79. The Morgan fingerprint density at radius 2 is 1.95 bits per heavy atom. The van der Waals surface area contributed by atoms with Crippen molar-refractivity contribution in [1.29, 1.82) is 0 Å². The fourth-order valence-corrected chi connectivity index (χ4v) is 2.84. The van der Waals surface area contributed by atoms with Gasteiger partial charge in [0.2, 0.25) is 0 Å². The highest BCUT2D eigenvalue weighted by Gasteiger charge is 2.15. The topological polar surface area (TPSA) is 29.5 Å². The Bertz CT molecular complexity index is 666. The molecular weight excluding hydrogens is 274 g/mol. The molecule has 0 saturated carbocycles. The van der Waals surface area contributed by atoms with Crippen LogP contribution in [-0.4, -0.2) is 30.4 Å². The quantitative estimate of drug-likeness (QED) is 0.792. The van der Waals surface area contributed by atoms with Gasteiger partial charge in [-0.3, -0.25) is 9.69 Å². The molecular formula is C19H21NO2. The maximum absolute atomic E-state index is 11.4. The predicted octanol–water partition coefficient (Wildman–Crippen LogP) is 3.33. The van der Waals surface area contributed by atoms with Crippen LogP contribution >= 0.6 is 0 Å². The Balaban J connectivity index is 1.52. The van der Waals surface area contributed by atoms with E-state index in [4.69, 9.17) is 4.74 Å². The zero-order valence-electron chi connectivity index (χ0n) is 12.9. The molecule has 3 nitrogen and oxygen atoms in total. The van der Waals surface area contributed by atoms with Crippen LogP contribution in [0, 0.1) is 0 Å². The molecule has 1 aliphatic rings. The van der Waals surface area contributed by atoms with E-state index in [2.05, 4.69) is 29.2 Å². The van der Waals surface area contributed by atoms with Crippen LogP contribution in [-0.2, 0) is 13.0 Å². The Morgan fingerprint density at radius 3 is 2.77 bits per heavy atom. The van der Waals surface area contributed by atoms with Crippen molar-refractivity contribution >= 4 is 5.78 Å². The standard InChI is InChI=1S/C19H21NO2/c1-15(21)17-7-4-8-19(13-17)22-12-11-20-10-9-16-5-2-3-6-18(16)14-20/h2-8,13H,9-12,14H2,1H3. The van der Waals surface area contributed by atoms with Gasteiger partial charge in [-0.15, -0.1) is 0 Å². The van der Waals surface area contributed by atoms with Gasteiger partial charge < -0.3 is 4.74 Å². The summed E-state index contributed by atoms with van der Waals surface area (Å²) in [5, 5.41) is 0. The maximum Gasteiger partial charge on any atom is 0.159 e. The average Bonchev–Trinajstić information content (AvgIpc) is 2.55. The molecule has 22 heavy (non-hydrogen) atoms. The van der Waals surface area contributed by atoms with Crippen LogP contribution in [0.3, 0.4) is 0 Å². The van der Waals surface area contributed by atoms with Crippen molar-refractivity contribution in [1.82, 2.24) is 4.90 Å². The third-order valence-corrected chi connectivity index (χ3v) is 4.13. The smallest absolute Gasteiger partial charge is 0.159 e. The lowest BCUT2D eigenvalue weighted by Gasteiger charge is -2.28. The van der Waals surface area contributed by atoms with Crippen LogP contribution in [0.5, 0.6) is 5.75 Å². The lowest BCUT2D eigenvalue weighted by atomic mass is 10.0. The first-order valence-electron chi connectivity index (χ1n) is 7.75. The normalized spacial score (nSPS) is 14.4. The van der Waals surface area contributed by atoms with Crippen molar-refractivity contribution in [2.75, 3.05) is 19.7 Å². The molecule has 2 aromatic rings. The number of carbonyl (C=O) groups excluding carboxylic acids is 1. The molecule has 1 heterocycles. The second kappa shape index (κ2) is 6.75. The summed E-state index contributed by atoms with van der Waals surface area (Å²) >= 11 is 0. The Labute approximate surface area is 131 Å². The summed E-state index contributed by atoms with van der Waals surface area (Å²) in [6, 6.07) is 16.0. The molecule has 0 aliphatic carbocycles. The fourth-order valence-electron chi connectivity index (χ4n) is 2.84. The molecule has 0 atom stereocenters. The molecule has 1 aliphatic heterocycles. The van der Waals surface area contributed by atoms with E-state index in [0.29, 0.717) is 12.2 Å². The second-order valence-electron chi connectivity index (χ2n) is 5.73. The summed E-state index contributed by atoms with van der Waals surface area (Å²) in [5.41, 5.74) is 3.59. The predicted molar refractivity (Wildman–Crippen MR) is 87.4 cm³/mol. The van der Waals surface area contributed by atoms with Crippen LogP contribution in [0.15, 0.2) is 48.5 Å². The number of rotatable bonds is 5. The molecule has 0 unspecified atom stereocenters. The van der Waals surface area contributed by atoms with E-state index in [0.717, 1.165) is 31.8 Å². The van der Waals surface area contributed by atoms with Gasteiger partial charge >= 0.3 is 0 Å². The Hall–Kier alpha value is -2.13. The van der Waals surface area contributed by atoms with Crippen LogP contribution in [0.2, 0.25) is 0 Å². The third kappa shape index (κ3) is 3.55. The van der Waals surface area contributed by atoms with Crippen molar-refractivity contribution in [3.05, 3.63) is 65.2 Å². The maximum atomic E-state index is 11.4. The van der Waals surface area contributed by atoms with Gasteiger partial charge in [-0.05, 0) is 36.6 Å². The number of benzene rings is 2. The summed E-state index contributed by atoms with van der Waals surface area (Å²) in [4.78, 5) is 13.8. The number of ether oxygens (including phenoxy) is 1. The number of ketones is 1. The van der Waals surface area contributed by atoms with Crippen LogP contribution in [0.25, 0.3) is 0 Å². The van der Waals surface area contributed by atoms with Gasteiger partial charge in [-0.25, -0.2) is 0 Å². The zero-order chi connectivity index (χ0) is 15.4. The molecule has 0 saturated heterocycles. The van der Waals surface area contributed by atoms with Crippen LogP contribution in [0.1, 0.15) is 28.4 Å². The first-order valence-corrected chi connectivity index (χ1v) is 7.75. The lowest BCUT2D eigenvalue weighted by Crippen LogP contribution is -2.33. The Kier molecular flexibility index (Phi) is 4.54. The zero-order valence-corrected chi connectivity index (χ0v) is 12.9. The first kappa shape index (κ1) is 14.8. The molecule has 0 fully saturated rings. The van der Waals surface area contributed by atoms with Crippen molar-refractivity contribution in [2.24, 2.45) is 0 Å². The summed E-state index contributed by atoms with van der Waals surface area (Å²) in [7, 11) is 0. The van der Waals surface area contributed by atoms with E-state index in [1.54, 1.807) is 6.92 Å². The van der Waals surface area contributed by atoms with E-state index < -0.39 is 0 Å². The van der Waals surface area contributed by atoms with E-state index in [1.807, 2.05) is 24.3 Å². The lowest BCUT2D eigenvalue weighted by molar-refractivity contribution is 0.101. The summed E-state index contributed by atoms with van der Waals surface area (Å²) in [5.74, 6) is 0.836.